The van der Waals surface area contributed by atoms with E-state index in [1.807, 2.05) is 31.3 Å². The molecule has 1 saturated heterocycles. The molecule has 1 aliphatic rings. The second kappa shape index (κ2) is 6.22. The van der Waals surface area contributed by atoms with Gasteiger partial charge in [-0.2, -0.15) is 0 Å². The summed E-state index contributed by atoms with van der Waals surface area (Å²) < 4.78 is 5.33. The lowest BCUT2D eigenvalue weighted by Gasteiger charge is -2.19. The maximum Gasteiger partial charge on any atom is 0.222 e. The zero-order valence-electron chi connectivity index (χ0n) is 12.3. The fourth-order valence-electron chi connectivity index (χ4n) is 2.73. The molecule has 0 radical (unpaired) electrons. The number of aromatic nitrogens is 1. The predicted octanol–water partition coefficient (Wildman–Crippen LogP) is 2.62. The highest BCUT2D eigenvalue weighted by Gasteiger charge is 2.21. The van der Waals surface area contributed by atoms with Crippen LogP contribution in [0.25, 0.3) is 10.9 Å². The molecule has 1 unspecified atom stereocenters. The van der Waals surface area contributed by atoms with Crippen molar-refractivity contribution < 1.29 is 9.53 Å². The topological polar surface area (TPSA) is 42.4 Å². The first-order chi connectivity index (χ1) is 10.2. The molecule has 3 rings (SSSR count). The van der Waals surface area contributed by atoms with Crippen molar-refractivity contribution in [3.05, 3.63) is 42.1 Å². The van der Waals surface area contributed by atoms with Crippen molar-refractivity contribution >= 4 is 16.8 Å². The average Bonchev–Trinajstić information content (AvgIpc) is 3.00. The van der Waals surface area contributed by atoms with Gasteiger partial charge in [0.25, 0.3) is 0 Å². The van der Waals surface area contributed by atoms with Gasteiger partial charge in [-0.25, -0.2) is 0 Å². The van der Waals surface area contributed by atoms with E-state index in [2.05, 4.69) is 11.1 Å². The Balaban J connectivity index is 1.64. The average molecular weight is 284 g/mol. The fourth-order valence-corrected chi connectivity index (χ4v) is 2.73. The van der Waals surface area contributed by atoms with E-state index in [1.165, 1.54) is 0 Å². The van der Waals surface area contributed by atoms with Gasteiger partial charge in [0.2, 0.25) is 5.91 Å². The zero-order valence-corrected chi connectivity index (χ0v) is 12.3. The highest BCUT2D eigenvalue weighted by atomic mass is 16.5. The molecule has 0 N–H and O–H groups in total. The number of pyridine rings is 1. The molecular formula is C17H20N2O2. The molecule has 0 aliphatic carbocycles. The Labute approximate surface area is 124 Å². The van der Waals surface area contributed by atoms with Gasteiger partial charge in [-0.05, 0) is 36.1 Å². The van der Waals surface area contributed by atoms with E-state index in [0.717, 1.165) is 36.1 Å². The number of carbonyl (C=O) groups excluding carboxylic acids is 1. The van der Waals surface area contributed by atoms with Crippen molar-refractivity contribution in [2.24, 2.45) is 5.92 Å². The molecule has 4 heteroatoms. The van der Waals surface area contributed by atoms with E-state index in [1.54, 1.807) is 11.1 Å². The number of amides is 1. The number of nitrogens with zero attached hydrogens (tertiary/aromatic N) is 2. The van der Waals surface area contributed by atoms with Gasteiger partial charge in [0.05, 0.1) is 5.52 Å². The third kappa shape index (κ3) is 3.39. The molecule has 1 atom stereocenters. The van der Waals surface area contributed by atoms with Gasteiger partial charge in [-0.15, -0.1) is 0 Å². The van der Waals surface area contributed by atoms with Gasteiger partial charge in [-0.3, -0.25) is 9.78 Å². The molecule has 1 aromatic carbocycles. The highest BCUT2D eigenvalue weighted by Crippen LogP contribution is 2.19. The maximum atomic E-state index is 12.2. The lowest BCUT2D eigenvalue weighted by atomic mass is 10.0. The van der Waals surface area contributed by atoms with Crippen LogP contribution in [0.15, 0.2) is 36.5 Å². The normalized spacial score (nSPS) is 18.0. The summed E-state index contributed by atoms with van der Waals surface area (Å²) >= 11 is 0. The lowest BCUT2D eigenvalue weighted by Crippen LogP contribution is -2.28. The van der Waals surface area contributed by atoms with E-state index in [9.17, 15) is 4.79 Å². The largest absolute Gasteiger partial charge is 0.381 e. The van der Waals surface area contributed by atoms with Crippen LogP contribution >= 0.6 is 0 Å². The molecule has 21 heavy (non-hydrogen) atoms. The van der Waals surface area contributed by atoms with Crippen LogP contribution in [0.2, 0.25) is 0 Å². The molecule has 0 spiro atoms. The molecule has 2 aromatic rings. The summed E-state index contributed by atoms with van der Waals surface area (Å²) in [6, 6.07) is 10.1. The van der Waals surface area contributed by atoms with Crippen LogP contribution in [0, 0.1) is 5.92 Å². The second-order valence-corrected chi connectivity index (χ2v) is 5.71. The molecule has 1 fully saturated rings. The molecule has 4 nitrogen and oxygen atoms in total. The third-order valence-electron chi connectivity index (χ3n) is 4.00. The summed E-state index contributed by atoms with van der Waals surface area (Å²) in [5, 5.41) is 1.11. The Morgan fingerprint density at radius 3 is 3.14 bits per heavy atom. The Hall–Kier alpha value is -1.94. The van der Waals surface area contributed by atoms with Gasteiger partial charge in [0.1, 0.15) is 0 Å². The number of rotatable bonds is 4. The van der Waals surface area contributed by atoms with Gasteiger partial charge < -0.3 is 9.64 Å². The van der Waals surface area contributed by atoms with Crippen LogP contribution in [-0.2, 0) is 16.1 Å². The Kier molecular flexibility index (Phi) is 4.15. The summed E-state index contributed by atoms with van der Waals surface area (Å²) in [5.41, 5.74) is 2.12. The molecule has 0 saturated carbocycles. The van der Waals surface area contributed by atoms with Crippen molar-refractivity contribution in [3.8, 4) is 0 Å². The van der Waals surface area contributed by atoms with E-state index in [0.29, 0.717) is 18.9 Å². The van der Waals surface area contributed by atoms with Crippen LogP contribution in [0.1, 0.15) is 18.4 Å². The van der Waals surface area contributed by atoms with E-state index >= 15 is 0 Å². The standard InChI is InChI=1S/C17H20N2O2/c1-19(17(20)10-14-6-8-21-12-14)11-13-4-5-16-15(9-13)3-2-7-18-16/h2-5,7,9,14H,6,8,10-12H2,1H3. The quantitative estimate of drug-likeness (QED) is 0.866. The van der Waals surface area contributed by atoms with Crippen LogP contribution < -0.4 is 0 Å². The maximum absolute atomic E-state index is 12.2. The number of carbonyl (C=O) groups is 1. The first kappa shape index (κ1) is 14.0. The van der Waals surface area contributed by atoms with Gasteiger partial charge in [-0.1, -0.05) is 12.1 Å². The Morgan fingerprint density at radius 1 is 1.43 bits per heavy atom. The van der Waals surface area contributed by atoms with Crippen LogP contribution in [0.3, 0.4) is 0 Å². The van der Waals surface area contributed by atoms with Crippen molar-refractivity contribution in [1.29, 1.82) is 0 Å². The van der Waals surface area contributed by atoms with Crippen molar-refractivity contribution in [3.63, 3.8) is 0 Å². The van der Waals surface area contributed by atoms with Crippen LogP contribution in [0.4, 0.5) is 0 Å². The molecule has 1 aliphatic heterocycles. The second-order valence-electron chi connectivity index (χ2n) is 5.71. The minimum Gasteiger partial charge on any atom is -0.381 e. The smallest absolute Gasteiger partial charge is 0.222 e. The van der Waals surface area contributed by atoms with Gasteiger partial charge in [0, 0.05) is 44.8 Å². The van der Waals surface area contributed by atoms with E-state index in [4.69, 9.17) is 4.74 Å². The highest BCUT2D eigenvalue weighted by molar-refractivity contribution is 5.79. The minimum absolute atomic E-state index is 0.191. The first-order valence-electron chi connectivity index (χ1n) is 7.38. The number of hydrogen-bond acceptors (Lipinski definition) is 3. The monoisotopic (exact) mass is 284 g/mol. The van der Waals surface area contributed by atoms with Crippen molar-refractivity contribution in [1.82, 2.24) is 9.88 Å². The van der Waals surface area contributed by atoms with Crippen molar-refractivity contribution in [2.75, 3.05) is 20.3 Å². The number of hydrogen-bond donors (Lipinski definition) is 0. The first-order valence-corrected chi connectivity index (χ1v) is 7.38. The molecule has 110 valence electrons. The van der Waals surface area contributed by atoms with Gasteiger partial charge in [0.15, 0.2) is 0 Å². The molecular weight excluding hydrogens is 264 g/mol. The summed E-state index contributed by atoms with van der Waals surface area (Å²) in [6.45, 7) is 2.15. The molecule has 0 bridgehead atoms. The minimum atomic E-state index is 0.191. The fraction of sp³-hybridized carbons (Fsp3) is 0.412. The van der Waals surface area contributed by atoms with E-state index in [-0.39, 0.29) is 5.91 Å². The SMILES string of the molecule is CN(Cc1ccc2ncccc2c1)C(=O)CC1CCOC1. The molecule has 2 heterocycles. The summed E-state index contributed by atoms with van der Waals surface area (Å²) in [4.78, 5) is 18.3. The predicted molar refractivity (Wildman–Crippen MR) is 81.8 cm³/mol. The number of benzene rings is 1. The Morgan fingerprint density at radius 2 is 2.33 bits per heavy atom. The summed E-state index contributed by atoms with van der Waals surface area (Å²) in [6.07, 6.45) is 3.38. The Bertz CT molecular complexity index is 635. The van der Waals surface area contributed by atoms with Gasteiger partial charge >= 0.3 is 0 Å². The number of ether oxygens (including phenoxy) is 1. The third-order valence-corrected chi connectivity index (χ3v) is 4.00. The summed E-state index contributed by atoms with van der Waals surface area (Å²) in [5.74, 6) is 0.581. The van der Waals surface area contributed by atoms with Crippen molar-refractivity contribution in [2.45, 2.75) is 19.4 Å². The number of fused-ring (bicyclic) bond motifs is 1. The van der Waals surface area contributed by atoms with E-state index < -0.39 is 0 Å². The summed E-state index contributed by atoms with van der Waals surface area (Å²) in [7, 11) is 1.87. The molecule has 1 aromatic heterocycles. The zero-order chi connectivity index (χ0) is 14.7. The van der Waals surface area contributed by atoms with Crippen LogP contribution in [0.5, 0.6) is 0 Å². The molecule has 1 amide bonds. The van der Waals surface area contributed by atoms with Crippen LogP contribution in [-0.4, -0.2) is 36.1 Å². The lowest BCUT2D eigenvalue weighted by molar-refractivity contribution is -0.131.